The molecule has 0 bridgehead atoms. The minimum absolute atomic E-state index is 0.0488. The number of halogens is 6. The Bertz CT molecular complexity index is 1870. The van der Waals surface area contributed by atoms with Crippen LogP contribution in [0.15, 0.2) is 140 Å². The van der Waals surface area contributed by atoms with E-state index in [1.54, 1.807) is 36.4 Å². The number of hydrogen-bond donors (Lipinski definition) is 1. The van der Waals surface area contributed by atoms with E-state index >= 15 is 0 Å². The smallest absolute Gasteiger partial charge is 0.485 e. The SMILES string of the molecule is O=C(c1ccc(O)cc1)c1ccc(Sc2ccc([S+](c3ccc(F)cc3)c3ccc(F)cc3)cc2)c(F)c1.O=S(=O)([O-])C(F)(F)F. The molecule has 0 aliphatic rings. The van der Waals surface area contributed by atoms with Crippen LogP contribution in [0.1, 0.15) is 15.9 Å². The summed E-state index contributed by atoms with van der Waals surface area (Å²) < 4.78 is 101. The first-order valence-corrected chi connectivity index (χ1v) is 16.3. The van der Waals surface area contributed by atoms with Gasteiger partial charge in [-0.25, -0.2) is 21.6 Å². The van der Waals surface area contributed by atoms with Crippen molar-refractivity contribution < 1.29 is 49.2 Å². The molecule has 5 aromatic carbocycles. The Labute approximate surface area is 266 Å². The molecule has 238 valence electrons. The molecule has 0 unspecified atom stereocenters. The first-order valence-electron chi connectivity index (χ1n) is 12.8. The summed E-state index contributed by atoms with van der Waals surface area (Å²) in [6, 6.07) is 30.3. The van der Waals surface area contributed by atoms with Crippen LogP contribution in [0.25, 0.3) is 0 Å². The molecule has 5 aromatic rings. The van der Waals surface area contributed by atoms with Crippen molar-refractivity contribution in [3.05, 3.63) is 144 Å². The summed E-state index contributed by atoms with van der Waals surface area (Å²) in [5.74, 6) is -1.46. The molecular formula is C32H20F6O5S3. The van der Waals surface area contributed by atoms with Crippen molar-refractivity contribution in [1.29, 1.82) is 0 Å². The third-order valence-electron chi connectivity index (χ3n) is 5.99. The van der Waals surface area contributed by atoms with Crippen LogP contribution in [0.5, 0.6) is 5.75 Å². The van der Waals surface area contributed by atoms with Crippen LogP contribution in [-0.2, 0) is 21.0 Å². The first kappa shape index (κ1) is 34.6. The second-order valence-electron chi connectivity index (χ2n) is 9.21. The number of ketones is 1. The topological polar surface area (TPSA) is 94.5 Å². The van der Waals surface area contributed by atoms with E-state index in [-0.39, 0.29) is 28.7 Å². The fourth-order valence-electron chi connectivity index (χ4n) is 3.82. The minimum Gasteiger partial charge on any atom is -0.741 e. The summed E-state index contributed by atoms with van der Waals surface area (Å²) in [5.41, 5.74) is -5.07. The van der Waals surface area contributed by atoms with Gasteiger partial charge in [0.1, 0.15) is 23.2 Å². The summed E-state index contributed by atoms with van der Waals surface area (Å²) in [5, 5.41) is 9.41. The van der Waals surface area contributed by atoms with Gasteiger partial charge in [-0.2, -0.15) is 13.2 Å². The van der Waals surface area contributed by atoms with E-state index in [9.17, 15) is 36.2 Å². The molecule has 5 rings (SSSR count). The van der Waals surface area contributed by atoms with Crippen LogP contribution < -0.4 is 0 Å². The molecule has 0 aliphatic heterocycles. The zero-order valence-corrected chi connectivity index (χ0v) is 25.5. The second-order valence-corrected chi connectivity index (χ2v) is 13.7. The van der Waals surface area contributed by atoms with E-state index < -0.39 is 32.3 Å². The summed E-state index contributed by atoms with van der Waals surface area (Å²) in [4.78, 5) is 16.5. The van der Waals surface area contributed by atoms with E-state index in [1.807, 2.05) is 24.3 Å². The summed E-state index contributed by atoms with van der Waals surface area (Å²) in [6.07, 6.45) is 0. The van der Waals surface area contributed by atoms with Gasteiger partial charge < -0.3 is 9.66 Å². The largest absolute Gasteiger partial charge is 0.741 e. The van der Waals surface area contributed by atoms with Crippen molar-refractivity contribution in [3.63, 3.8) is 0 Å². The number of rotatable bonds is 7. The maximum atomic E-state index is 14.9. The minimum atomic E-state index is -6.09. The molecule has 0 spiro atoms. The first-order chi connectivity index (χ1) is 21.6. The van der Waals surface area contributed by atoms with E-state index in [1.165, 1.54) is 66.4 Å². The van der Waals surface area contributed by atoms with Gasteiger partial charge >= 0.3 is 5.51 Å². The third kappa shape index (κ3) is 8.94. The second kappa shape index (κ2) is 14.5. The van der Waals surface area contributed by atoms with Crippen LogP contribution in [0.4, 0.5) is 26.3 Å². The monoisotopic (exact) mass is 694 g/mol. The van der Waals surface area contributed by atoms with E-state index in [2.05, 4.69) is 0 Å². The van der Waals surface area contributed by atoms with Crippen LogP contribution >= 0.6 is 11.8 Å². The fraction of sp³-hybridized carbons (Fsp3) is 0.0312. The number of carbonyl (C=O) groups is 1. The molecule has 14 heteroatoms. The summed E-state index contributed by atoms with van der Waals surface area (Å²) >= 11 is 1.23. The van der Waals surface area contributed by atoms with Gasteiger partial charge in [0.15, 0.2) is 30.6 Å². The van der Waals surface area contributed by atoms with Crippen molar-refractivity contribution >= 4 is 38.6 Å². The van der Waals surface area contributed by atoms with Gasteiger partial charge in [0.25, 0.3) is 0 Å². The lowest BCUT2D eigenvalue weighted by molar-refractivity contribution is -0.0517. The van der Waals surface area contributed by atoms with Gasteiger partial charge in [0, 0.05) is 20.9 Å². The number of phenols is 1. The number of phenolic OH excluding ortho intramolecular Hbond substituents is 1. The predicted molar refractivity (Wildman–Crippen MR) is 159 cm³/mol. The Morgan fingerprint density at radius 1 is 0.674 bits per heavy atom. The molecule has 0 radical (unpaired) electrons. The van der Waals surface area contributed by atoms with Gasteiger partial charge in [-0.1, -0.05) is 11.8 Å². The maximum Gasteiger partial charge on any atom is 0.485 e. The number of benzene rings is 5. The Hall–Kier alpha value is -4.24. The predicted octanol–water partition coefficient (Wildman–Crippen LogP) is 8.34. The van der Waals surface area contributed by atoms with Crippen LogP contribution in [0.2, 0.25) is 0 Å². The molecule has 0 fully saturated rings. The molecule has 5 nitrogen and oxygen atoms in total. The average molecular weight is 695 g/mol. The van der Waals surface area contributed by atoms with Gasteiger partial charge in [0.2, 0.25) is 0 Å². The third-order valence-corrected chi connectivity index (χ3v) is 9.85. The number of aromatic hydroxyl groups is 1. The molecular weight excluding hydrogens is 675 g/mol. The van der Waals surface area contributed by atoms with Crippen molar-refractivity contribution in [2.45, 2.75) is 30.0 Å². The van der Waals surface area contributed by atoms with Crippen LogP contribution in [0, 0.1) is 17.5 Å². The molecule has 1 N–H and O–H groups in total. The van der Waals surface area contributed by atoms with Crippen LogP contribution in [0.3, 0.4) is 0 Å². The highest BCUT2D eigenvalue weighted by Crippen LogP contribution is 2.35. The molecule has 0 aliphatic carbocycles. The summed E-state index contributed by atoms with van der Waals surface area (Å²) in [6.45, 7) is 0. The molecule has 0 saturated heterocycles. The van der Waals surface area contributed by atoms with E-state index in [0.717, 1.165) is 19.6 Å². The molecule has 0 saturated carbocycles. The van der Waals surface area contributed by atoms with Crippen LogP contribution in [-0.4, -0.2) is 29.4 Å². The lowest BCUT2D eigenvalue weighted by Crippen LogP contribution is -2.21. The summed E-state index contributed by atoms with van der Waals surface area (Å²) in [7, 11) is -6.68. The standard InChI is InChI=1S/C31H19F3O2S2.CHF3O3S/c32-22-4-12-26(13-5-22)38(27-14-6-23(33)7-15-27)28-16-10-25(11-17-28)37-30-18-3-21(19-29(30)34)31(36)20-1-8-24(35)9-2-20;2-1(3,4)8(5,6)7/h1-19H;(H,5,6,7). The van der Waals surface area contributed by atoms with Crippen molar-refractivity contribution in [3.8, 4) is 5.75 Å². The van der Waals surface area contributed by atoms with Crippen molar-refractivity contribution in [1.82, 2.24) is 0 Å². The Kier molecular flexibility index (Phi) is 10.9. The number of alkyl halides is 3. The Balaban J connectivity index is 0.000000533. The van der Waals surface area contributed by atoms with Crippen molar-refractivity contribution in [2.75, 3.05) is 0 Å². The highest BCUT2D eigenvalue weighted by atomic mass is 32.2. The zero-order chi connectivity index (χ0) is 33.6. The molecule has 0 aromatic heterocycles. The highest BCUT2D eigenvalue weighted by Gasteiger charge is 2.37. The van der Waals surface area contributed by atoms with Gasteiger partial charge in [-0.15, -0.1) is 0 Å². The number of carbonyl (C=O) groups excluding carboxylic acids is 1. The zero-order valence-electron chi connectivity index (χ0n) is 23.0. The quantitative estimate of drug-likeness (QED) is 0.0606. The van der Waals surface area contributed by atoms with Gasteiger partial charge in [0.05, 0.1) is 10.9 Å². The number of hydrogen-bond acceptors (Lipinski definition) is 6. The molecule has 46 heavy (non-hydrogen) atoms. The van der Waals surface area contributed by atoms with E-state index in [0.29, 0.717) is 10.5 Å². The normalized spacial score (nSPS) is 11.6. The maximum absolute atomic E-state index is 14.9. The molecule has 0 amide bonds. The van der Waals surface area contributed by atoms with Crippen molar-refractivity contribution in [2.24, 2.45) is 0 Å². The average Bonchev–Trinajstić information content (AvgIpc) is 3.00. The highest BCUT2D eigenvalue weighted by molar-refractivity contribution is 7.99. The van der Waals surface area contributed by atoms with Gasteiger partial charge in [-0.05, 0) is 115 Å². The molecule has 0 heterocycles. The van der Waals surface area contributed by atoms with Gasteiger partial charge in [-0.3, -0.25) is 4.79 Å². The molecule has 0 atom stereocenters. The Morgan fingerprint density at radius 3 is 1.50 bits per heavy atom. The van der Waals surface area contributed by atoms with E-state index in [4.69, 9.17) is 13.0 Å². The lowest BCUT2D eigenvalue weighted by atomic mass is 10.0. The lowest BCUT2D eigenvalue weighted by Gasteiger charge is -2.09. The Morgan fingerprint density at radius 2 is 1.09 bits per heavy atom. The fourth-order valence-corrected chi connectivity index (χ4v) is 6.68.